The summed E-state index contributed by atoms with van der Waals surface area (Å²) in [5.74, 6) is -0.168. The van der Waals surface area contributed by atoms with Crippen LogP contribution in [-0.2, 0) is 11.2 Å². The van der Waals surface area contributed by atoms with Crippen LogP contribution in [0.1, 0.15) is 19.5 Å². The number of rotatable bonds is 3. The molecule has 3 N–H and O–H groups in total. The second-order valence-corrected chi connectivity index (χ2v) is 3.61. The number of anilines is 1. The van der Waals surface area contributed by atoms with Crippen LogP contribution in [0.4, 0.5) is 5.00 Å². The van der Waals surface area contributed by atoms with Crippen molar-refractivity contribution < 1.29 is 4.79 Å². The number of nitrogens with zero attached hydrogens (tertiary/aromatic N) is 1. The van der Waals surface area contributed by atoms with Gasteiger partial charge in [0.25, 0.3) is 0 Å². The standard InChI is InChI=1S/C8H13N3OS.ClH/c1-3-6-8(13-4-10-6)11-7(12)5(2)9;/h4-5H,3,9H2,1-2H3,(H,11,12);1H. The van der Waals surface area contributed by atoms with E-state index in [0.29, 0.717) is 0 Å². The highest BCUT2D eigenvalue weighted by molar-refractivity contribution is 7.14. The highest BCUT2D eigenvalue weighted by Crippen LogP contribution is 2.20. The third-order valence-corrected chi connectivity index (χ3v) is 2.41. The van der Waals surface area contributed by atoms with E-state index in [1.807, 2.05) is 6.92 Å². The van der Waals surface area contributed by atoms with Crippen molar-refractivity contribution in [3.05, 3.63) is 11.2 Å². The highest BCUT2D eigenvalue weighted by atomic mass is 35.5. The molecule has 1 atom stereocenters. The number of hydrogen-bond acceptors (Lipinski definition) is 4. The number of halogens is 1. The van der Waals surface area contributed by atoms with Gasteiger partial charge in [-0.25, -0.2) is 4.98 Å². The largest absolute Gasteiger partial charge is 0.320 e. The zero-order valence-electron chi connectivity index (χ0n) is 8.11. The van der Waals surface area contributed by atoms with E-state index in [2.05, 4.69) is 10.3 Å². The number of carbonyl (C=O) groups excluding carboxylic acids is 1. The SMILES string of the molecule is CCc1ncsc1NC(=O)C(C)N.Cl. The molecule has 0 aliphatic heterocycles. The quantitative estimate of drug-likeness (QED) is 0.833. The predicted octanol–water partition coefficient (Wildman–Crippen LogP) is 1.41. The molecule has 0 aromatic carbocycles. The van der Waals surface area contributed by atoms with E-state index in [1.54, 1.807) is 12.4 Å². The Morgan fingerprint density at radius 3 is 2.93 bits per heavy atom. The lowest BCUT2D eigenvalue weighted by atomic mass is 10.3. The summed E-state index contributed by atoms with van der Waals surface area (Å²) in [6.45, 7) is 3.65. The molecule has 1 aromatic rings. The minimum Gasteiger partial charge on any atom is -0.320 e. The van der Waals surface area contributed by atoms with Crippen molar-refractivity contribution in [3.8, 4) is 0 Å². The smallest absolute Gasteiger partial charge is 0.241 e. The van der Waals surface area contributed by atoms with Crippen molar-refractivity contribution in [1.82, 2.24) is 4.98 Å². The Labute approximate surface area is 93.3 Å². The van der Waals surface area contributed by atoms with Crippen LogP contribution < -0.4 is 11.1 Å². The summed E-state index contributed by atoms with van der Waals surface area (Å²) in [5, 5.41) is 3.54. The lowest BCUT2D eigenvalue weighted by Crippen LogP contribution is -2.32. The molecule has 6 heteroatoms. The zero-order valence-corrected chi connectivity index (χ0v) is 9.74. The molecule has 80 valence electrons. The maximum atomic E-state index is 11.2. The number of hydrogen-bond donors (Lipinski definition) is 2. The summed E-state index contributed by atoms with van der Waals surface area (Å²) >= 11 is 1.42. The maximum absolute atomic E-state index is 11.2. The van der Waals surface area contributed by atoms with Crippen LogP contribution in [0, 0.1) is 0 Å². The van der Waals surface area contributed by atoms with Gasteiger partial charge >= 0.3 is 0 Å². The molecule has 14 heavy (non-hydrogen) atoms. The van der Waals surface area contributed by atoms with E-state index in [1.165, 1.54) is 11.3 Å². The monoisotopic (exact) mass is 235 g/mol. The molecule has 1 amide bonds. The number of amides is 1. The molecule has 4 nitrogen and oxygen atoms in total. The number of aromatic nitrogens is 1. The molecule has 0 saturated heterocycles. The molecule has 0 spiro atoms. The lowest BCUT2D eigenvalue weighted by Gasteiger charge is -2.05. The molecule has 0 bridgehead atoms. The van der Waals surface area contributed by atoms with Gasteiger partial charge in [0.15, 0.2) is 0 Å². The average Bonchev–Trinajstić information content (AvgIpc) is 2.51. The van der Waals surface area contributed by atoms with Gasteiger partial charge in [-0.15, -0.1) is 23.7 Å². The molecule has 1 aromatic heterocycles. The van der Waals surface area contributed by atoms with Crippen molar-refractivity contribution in [2.24, 2.45) is 5.73 Å². The first-order valence-electron chi connectivity index (χ1n) is 4.14. The normalized spacial score (nSPS) is 11.6. The summed E-state index contributed by atoms with van der Waals surface area (Å²) < 4.78 is 0. The third-order valence-electron chi connectivity index (χ3n) is 1.63. The molecule has 0 saturated carbocycles. The van der Waals surface area contributed by atoms with Crippen LogP contribution in [-0.4, -0.2) is 16.9 Å². The fourth-order valence-corrected chi connectivity index (χ4v) is 1.63. The minimum atomic E-state index is -0.480. The predicted molar refractivity (Wildman–Crippen MR) is 61.0 cm³/mol. The molecule has 1 unspecified atom stereocenters. The van der Waals surface area contributed by atoms with Crippen molar-refractivity contribution in [2.45, 2.75) is 26.3 Å². The highest BCUT2D eigenvalue weighted by Gasteiger charge is 2.11. The first-order valence-corrected chi connectivity index (χ1v) is 5.02. The molecular weight excluding hydrogens is 222 g/mol. The van der Waals surface area contributed by atoms with Crippen LogP contribution in [0.5, 0.6) is 0 Å². The molecule has 1 heterocycles. The van der Waals surface area contributed by atoms with Crippen molar-refractivity contribution in [3.63, 3.8) is 0 Å². The molecular formula is C8H14ClN3OS. The summed E-state index contributed by atoms with van der Waals surface area (Å²) in [6.07, 6.45) is 0.818. The molecule has 0 aliphatic rings. The topological polar surface area (TPSA) is 68.0 Å². The maximum Gasteiger partial charge on any atom is 0.241 e. The van der Waals surface area contributed by atoms with Gasteiger partial charge in [-0.05, 0) is 13.3 Å². The van der Waals surface area contributed by atoms with E-state index in [0.717, 1.165) is 17.1 Å². The summed E-state index contributed by atoms with van der Waals surface area (Å²) in [6, 6.07) is -0.480. The first kappa shape index (κ1) is 13.4. The van der Waals surface area contributed by atoms with E-state index >= 15 is 0 Å². The van der Waals surface area contributed by atoms with Crippen LogP contribution in [0.15, 0.2) is 5.51 Å². The van der Waals surface area contributed by atoms with Crippen molar-refractivity contribution in [1.29, 1.82) is 0 Å². The van der Waals surface area contributed by atoms with Gasteiger partial charge in [0, 0.05) is 0 Å². The third kappa shape index (κ3) is 3.25. The van der Waals surface area contributed by atoms with Crippen molar-refractivity contribution in [2.75, 3.05) is 5.32 Å². The molecule has 0 radical (unpaired) electrons. The summed E-state index contributed by atoms with van der Waals surface area (Å²) in [7, 11) is 0. The van der Waals surface area contributed by atoms with Crippen LogP contribution in [0.3, 0.4) is 0 Å². The number of aryl methyl sites for hydroxylation is 1. The fraction of sp³-hybridized carbons (Fsp3) is 0.500. The van der Waals surface area contributed by atoms with Crippen LogP contribution in [0.2, 0.25) is 0 Å². The second kappa shape index (κ2) is 5.95. The second-order valence-electron chi connectivity index (χ2n) is 2.76. The van der Waals surface area contributed by atoms with E-state index in [-0.39, 0.29) is 18.3 Å². The minimum absolute atomic E-state index is 0. The zero-order chi connectivity index (χ0) is 9.84. The van der Waals surface area contributed by atoms with Crippen LogP contribution in [0.25, 0.3) is 0 Å². The van der Waals surface area contributed by atoms with Gasteiger partial charge in [0.05, 0.1) is 17.2 Å². The van der Waals surface area contributed by atoms with E-state index < -0.39 is 6.04 Å². The summed E-state index contributed by atoms with van der Waals surface area (Å²) in [4.78, 5) is 15.3. The molecule has 1 rings (SSSR count). The fourth-order valence-electron chi connectivity index (χ4n) is 0.849. The Kier molecular flexibility index (Phi) is 5.68. The van der Waals surface area contributed by atoms with Crippen LogP contribution >= 0.6 is 23.7 Å². The first-order chi connectivity index (χ1) is 6.15. The van der Waals surface area contributed by atoms with Gasteiger partial charge < -0.3 is 11.1 Å². The van der Waals surface area contributed by atoms with Crippen molar-refractivity contribution >= 4 is 34.7 Å². The Hall–Kier alpha value is -0.650. The van der Waals surface area contributed by atoms with Gasteiger partial charge in [0.2, 0.25) is 5.91 Å². The number of nitrogens with two attached hydrogens (primary N) is 1. The Morgan fingerprint density at radius 2 is 2.43 bits per heavy atom. The Bertz CT molecular complexity index is 301. The number of thiazole rings is 1. The molecule has 0 aliphatic carbocycles. The molecule has 0 fully saturated rings. The Morgan fingerprint density at radius 1 is 1.79 bits per heavy atom. The van der Waals surface area contributed by atoms with Gasteiger partial charge in [-0.2, -0.15) is 0 Å². The average molecular weight is 236 g/mol. The Balaban J connectivity index is 0.00000169. The lowest BCUT2D eigenvalue weighted by molar-refractivity contribution is -0.117. The number of nitrogens with one attached hydrogen (secondary N) is 1. The van der Waals surface area contributed by atoms with E-state index in [9.17, 15) is 4.79 Å². The number of carbonyl (C=O) groups is 1. The van der Waals surface area contributed by atoms with E-state index in [4.69, 9.17) is 5.73 Å². The van der Waals surface area contributed by atoms with Gasteiger partial charge in [-0.3, -0.25) is 4.79 Å². The van der Waals surface area contributed by atoms with Gasteiger partial charge in [-0.1, -0.05) is 6.92 Å². The van der Waals surface area contributed by atoms with Gasteiger partial charge in [0.1, 0.15) is 5.00 Å². The summed E-state index contributed by atoms with van der Waals surface area (Å²) in [5.41, 5.74) is 8.05.